The number of hydrogen-bond acceptors (Lipinski definition) is 2. The van der Waals surface area contributed by atoms with Crippen LogP contribution in [0.2, 0.25) is 0 Å². The number of nitrogens with zero attached hydrogens (tertiary/aromatic N) is 2. The summed E-state index contributed by atoms with van der Waals surface area (Å²) in [5, 5.41) is 2.90. The van der Waals surface area contributed by atoms with Gasteiger partial charge in [-0.3, -0.25) is 4.79 Å². The molecule has 1 N–H and O–H groups in total. The normalized spacial score (nSPS) is 11.4. The summed E-state index contributed by atoms with van der Waals surface area (Å²) in [6.45, 7) is 5.68. The second-order valence-electron chi connectivity index (χ2n) is 5.77. The third-order valence-electron chi connectivity index (χ3n) is 3.93. The average molecular weight is 313 g/mol. The summed E-state index contributed by atoms with van der Waals surface area (Å²) in [6.07, 6.45) is 9.00. The van der Waals surface area contributed by atoms with E-state index < -0.39 is 0 Å². The Morgan fingerprint density at radius 1 is 1.26 bits per heavy atom. The number of rotatable bonds is 9. The van der Waals surface area contributed by atoms with Crippen LogP contribution < -0.4 is 5.32 Å². The monoisotopic (exact) mass is 313 g/mol. The van der Waals surface area contributed by atoms with Crippen molar-refractivity contribution in [3.8, 4) is 0 Å². The van der Waals surface area contributed by atoms with Gasteiger partial charge in [-0.05, 0) is 31.6 Å². The molecular weight excluding hydrogens is 286 g/mol. The van der Waals surface area contributed by atoms with Crippen molar-refractivity contribution < 1.29 is 4.79 Å². The van der Waals surface area contributed by atoms with Gasteiger partial charge in [0.15, 0.2) is 0 Å². The van der Waals surface area contributed by atoms with E-state index in [1.165, 1.54) is 31.2 Å². The van der Waals surface area contributed by atoms with Crippen molar-refractivity contribution in [2.75, 3.05) is 6.54 Å². The third-order valence-corrected chi connectivity index (χ3v) is 3.93. The van der Waals surface area contributed by atoms with Crippen LogP contribution in [0, 0.1) is 0 Å². The minimum absolute atomic E-state index is 0.0434. The van der Waals surface area contributed by atoms with Gasteiger partial charge in [0, 0.05) is 19.5 Å². The first kappa shape index (κ1) is 17.3. The summed E-state index contributed by atoms with van der Waals surface area (Å²) < 4.78 is 2.31. The van der Waals surface area contributed by atoms with Crippen LogP contribution in [0.15, 0.2) is 36.4 Å². The molecule has 1 aromatic heterocycles. The van der Waals surface area contributed by atoms with E-state index in [9.17, 15) is 4.79 Å². The Hall–Kier alpha value is -2.10. The number of allylic oxidation sites excluding steroid dienone is 1. The lowest BCUT2D eigenvalue weighted by atomic mass is 10.2. The molecule has 0 spiro atoms. The van der Waals surface area contributed by atoms with Gasteiger partial charge in [-0.2, -0.15) is 0 Å². The zero-order valence-electron chi connectivity index (χ0n) is 14.2. The quantitative estimate of drug-likeness (QED) is 0.564. The van der Waals surface area contributed by atoms with Gasteiger partial charge in [0.1, 0.15) is 5.82 Å². The van der Waals surface area contributed by atoms with Gasteiger partial charge in [-0.1, -0.05) is 44.4 Å². The maximum absolute atomic E-state index is 11.5. The molecule has 0 unspecified atom stereocenters. The molecular formula is C19H27N3O. The molecule has 4 heteroatoms. The van der Waals surface area contributed by atoms with Gasteiger partial charge in [0.2, 0.25) is 5.91 Å². The van der Waals surface area contributed by atoms with E-state index >= 15 is 0 Å². The number of unbranched alkanes of at least 4 members (excludes halogenated alkanes) is 3. The SMILES string of the molecule is C/C=C/C(=O)NCCc1nc2ccccc2n1CCCCCC. The lowest BCUT2D eigenvalue weighted by Gasteiger charge is -2.09. The summed E-state index contributed by atoms with van der Waals surface area (Å²) in [5.74, 6) is 1.02. The first-order chi connectivity index (χ1) is 11.3. The fourth-order valence-corrected chi connectivity index (χ4v) is 2.77. The van der Waals surface area contributed by atoms with Gasteiger partial charge in [0.05, 0.1) is 11.0 Å². The standard InChI is InChI=1S/C19H27N3O/c1-3-5-6-9-15-22-17-12-8-7-11-16(17)21-18(22)13-14-20-19(23)10-4-2/h4,7-8,10-12H,3,5-6,9,13-15H2,1-2H3,(H,20,23)/b10-4+. The molecule has 0 aliphatic rings. The molecule has 23 heavy (non-hydrogen) atoms. The van der Waals surface area contributed by atoms with Gasteiger partial charge >= 0.3 is 0 Å². The van der Waals surface area contributed by atoms with E-state index in [1.54, 1.807) is 12.2 Å². The topological polar surface area (TPSA) is 46.9 Å². The maximum atomic E-state index is 11.5. The first-order valence-electron chi connectivity index (χ1n) is 8.61. The second kappa shape index (κ2) is 9.13. The van der Waals surface area contributed by atoms with Crippen LogP contribution in [0.4, 0.5) is 0 Å². The number of aromatic nitrogens is 2. The molecule has 124 valence electrons. The highest BCUT2D eigenvalue weighted by Gasteiger charge is 2.10. The van der Waals surface area contributed by atoms with Crippen molar-refractivity contribution in [1.82, 2.24) is 14.9 Å². The van der Waals surface area contributed by atoms with Crippen LogP contribution in [0.1, 0.15) is 45.4 Å². The van der Waals surface area contributed by atoms with Crippen molar-refractivity contribution in [1.29, 1.82) is 0 Å². The highest BCUT2D eigenvalue weighted by molar-refractivity contribution is 5.87. The number of fused-ring (bicyclic) bond motifs is 1. The number of nitrogens with one attached hydrogen (secondary N) is 1. The van der Waals surface area contributed by atoms with E-state index in [-0.39, 0.29) is 5.91 Å². The lowest BCUT2D eigenvalue weighted by molar-refractivity contribution is -0.116. The molecule has 2 aromatic rings. The molecule has 0 fully saturated rings. The number of para-hydroxylation sites is 2. The van der Waals surface area contributed by atoms with E-state index in [0.717, 1.165) is 24.3 Å². The van der Waals surface area contributed by atoms with Crippen LogP contribution in [-0.2, 0) is 17.8 Å². The van der Waals surface area contributed by atoms with Crippen LogP contribution in [0.5, 0.6) is 0 Å². The van der Waals surface area contributed by atoms with Gasteiger partial charge in [-0.15, -0.1) is 0 Å². The predicted octanol–water partition coefficient (Wildman–Crippen LogP) is 3.85. The second-order valence-corrected chi connectivity index (χ2v) is 5.77. The summed E-state index contributed by atoms with van der Waals surface area (Å²) in [5.41, 5.74) is 2.23. The minimum atomic E-state index is -0.0434. The number of carbonyl (C=O) groups is 1. The Labute approximate surface area is 138 Å². The van der Waals surface area contributed by atoms with Crippen LogP contribution in [0.3, 0.4) is 0 Å². The fraction of sp³-hybridized carbons (Fsp3) is 0.474. The molecule has 0 atom stereocenters. The molecule has 0 aliphatic heterocycles. The molecule has 1 heterocycles. The Morgan fingerprint density at radius 3 is 2.87 bits per heavy atom. The Balaban J connectivity index is 2.06. The molecule has 0 saturated carbocycles. The van der Waals surface area contributed by atoms with E-state index in [0.29, 0.717) is 6.54 Å². The average Bonchev–Trinajstić information content (AvgIpc) is 2.90. The van der Waals surface area contributed by atoms with E-state index in [4.69, 9.17) is 4.98 Å². The molecule has 2 rings (SSSR count). The molecule has 1 aromatic carbocycles. The summed E-state index contributed by atoms with van der Waals surface area (Å²) in [6, 6.07) is 8.27. The summed E-state index contributed by atoms with van der Waals surface area (Å²) >= 11 is 0. The van der Waals surface area contributed by atoms with Gasteiger partial charge in [0.25, 0.3) is 0 Å². The van der Waals surface area contributed by atoms with E-state index in [1.807, 2.05) is 13.0 Å². The van der Waals surface area contributed by atoms with Crippen LogP contribution >= 0.6 is 0 Å². The summed E-state index contributed by atoms with van der Waals surface area (Å²) in [4.78, 5) is 16.3. The highest BCUT2D eigenvalue weighted by Crippen LogP contribution is 2.17. The number of carbonyl (C=O) groups excluding carboxylic acids is 1. The maximum Gasteiger partial charge on any atom is 0.243 e. The third kappa shape index (κ3) is 4.95. The summed E-state index contributed by atoms with van der Waals surface area (Å²) in [7, 11) is 0. The Kier molecular flexibility index (Phi) is 6.85. The van der Waals surface area contributed by atoms with E-state index in [2.05, 4.69) is 35.0 Å². The Morgan fingerprint density at radius 2 is 2.09 bits per heavy atom. The van der Waals surface area contributed by atoms with Gasteiger partial charge < -0.3 is 9.88 Å². The molecule has 1 amide bonds. The van der Waals surface area contributed by atoms with Crippen LogP contribution in [0.25, 0.3) is 11.0 Å². The molecule has 0 aliphatic carbocycles. The lowest BCUT2D eigenvalue weighted by Crippen LogP contribution is -2.24. The molecule has 4 nitrogen and oxygen atoms in total. The zero-order chi connectivity index (χ0) is 16.5. The number of hydrogen-bond donors (Lipinski definition) is 1. The predicted molar refractivity (Wildman–Crippen MR) is 95.4 cm³/mol. The molecule has 0 saturated heterocycles. The highest BCUT2D eigenvalue weighted by atomic mass is 16.1. The number of imidazole rings is 1. The molecule has 0 radical (unpaired) electrons. The molecule has 0 bridgehead atoms. The largest absolute Gasteiger partial charge is 0.352 e. The zero-order valence-corrected chi connectivity index (χ0v) is 14.2. The van der Waals surface area contributed by atoms with Crippen molar-refractivity contribution >= 4 is 16.9 Å². The van der Waals surface area contributed by atoms with Crippen LogP contribution in [-0.4, -0.2) is 22.0 Å². The fourth-order valence-electron chi connectivity index (χ4n) is 2.77. The van der Waals surface area contributed by atoms with Crippen molar-refractivity contribution in [3.63, 3.8) is 0 Å². The number of benzene rings is 1. The van der Waals surface area contributed by atoms with Crippen molar-refractivity contribution in [3.05, 3.63) is 42.2 Å². The van der Waals surface area contributed by atoms with Gasteiger partial charge in [-0.25, -0.2) is 4.98 Å². The minimum Gasteiger partial charge on any atom is -0.352 e. The Bertz CT molecular complexity index is 658. The number of amides is 1. The first-order valence-corrected chi connectivity index (χ1v) is 8.61. The van der Waals surface area contributed by atoms with Crippen molar-refractivity contribution in [2.45, 2.75) is 52.5 Å². The smallest absolute Gasteiger partial charge is 0.243 e. The van der Waals surface area contributed by atoms with Crippen molar-refractivity contribution in [2.24, 2.45) is 0 Å². The number of aryl methyl sites for hydroxylation is 1.